The van der Waals surface area contributed by atoms with Gasteiger partial charge in [-0.05, 0) is 6.07 Å². The number of aromatic carboxylic acids is 1. The predicted molar refractivity (Wildman–Crippen MR) is 69.7 cm³/mol. The lowest BCUT2D eigenvalue weighted by Crippen LogP contribution is -2.27. The van der Waals surface area contributed by atoms with E-state index in [4.69, 9.17) is 5.11 Å². The zero-order valence-electron chi connectivity index (χ0n) is 11.2. The van der Waals surface area contributed by atoms with Crippen LogP contribution >= 0.6 is 0 Å². The van der Waals surface area contributed by atoms with Gasteiger partial charge in [0.1, 0.15) is 11.6 Å². The molecule has 0 aromatic heterocycles. The van der Waals surface area contributed by atoms with E-state index in [2.05, 4.69) is 10.6 Å². The second kappa shape index (κ2) is 6.95. The van der Waals surface area contributed by atoms with Crippen molar-refractivity contribution in [2.75, 3.05) is 11.9 Å². The highest BCUT2D eigenvalue weighted by Crippen LogP contribution is 2.19. The van der Waals surface area contributed by atoms with Crippen LogP contribution in [0, 0.1) is 11.6 Å². The normalized spacial score (nSPS) is 10.7. The molecule has 1 aromatic rings. The first-order valence-electron chi connectivity index (χ1n) is 6.07. The quantitative estimate of drug-likeness (QED) is 0.747. The van der Waals surface area contributed by atoms with Crippen molar-refractivity contribution in [1.82, 2.24) is 5.32 Å². The molecule has 1 rings (SSSR count). The topological polar surface area (TPSA) is 78.4 Å². The van der Waals surface area contributed by atoms with Crippen molar-refractivity contribution in [3.63, 3.8) is 0 Å². The van der Waals surface area contributed by atoms with Gasteiger partial charge in [0.2, 0.25) is 5.91 Å². The van der Waals surface area contributed by atoms with E-state index in [1.165, 1.54) is 0 Å². The van der Waals surface area contributed by atoms with E-state index in [0.29, 0.717) is 12.6 Å². The third-order valence-corrected chi connectivity index (χ3v) is 2.47. The summed E-state index contributed by atoms with van der Waals surface area (Å²) in [5.74, 6) is -4.22. The highest BCUT2D eigenvalue weighted by atomic mass is 19.1. The van der Waals surface area contributed by atoms with Gasteiger partial charge in [0, 0.05) is 25.1 Å². The number of anilines is 1. The Morgan fingerprint density at radius 3 is 2.45 bits per heavy atom. The predicted octanol–water partition coefficient (Wildman–Crippen LogP) is 1.99. The largest absolute Gasteiger partial charge is 0.478 e. The molecule has 5 nitrogen and oxygen atoms in total. The number of hydrogen-bond acceptors (Lipinski definition) is 3. The molecule has 7 heteroatoms. The summed E-state index contributed by atoms with van der Waals surface area (Å²) < 4.78 is 26.6. The summed E-state index contributed by atoms with van der Waals surface area (Å²) in [5, 5.41) is 14.0. The molecule has 0 aliphatic heterocycles. The van der Waals surface area contributed by atoms with Gasteiger partial charge in [-0.3, -0.25) is 4.79 Å². The van der Waals surface area contributed by atoms with Gasteiger partial charge in [-0.1, -0.05) is 13.8 Å². The van der Waals surface area contributed by atoms with E-state index in [1.54, 1.807) is 0 Å². The third-order valence-electron chi connectivity index (χ3n) is 2.47. The maximum absolute atomic E-state index is 13.4. The van der Waals surface area contributed by atoms with Crippen molar-refractivity contribution < 1.29 is 23.5 Å². The molecule has 0 atom stereocenters. The van der Waals surface area contributed by atoms with Crippen LogP contribution in [0.1, 0.15) is 30.6 Å². The summed E-state index contributed by atoms with van der Waals surface area (Å²) in [6.07, 6.45) is 0.0946. The molecular weight excluding hydrogens is 270 g/mol. The fourth-order valence-corrected chi connectivity index (χ4v) is 1.50. The van der Waals surface area contributed by atoms with Crippen molar-refractivity contribution in [3.8, 4) is 0 Å². The minimum atomic E-state index is -1.53. The highest BCUT2D eigenvalue weighted by Gasteiger charge is 2.16. The second-order valence-electron chi connectivity index (χ2n) is 4.52. The molecule has 0 aliphatic rings. The molecule has 0 unspecified atom stereocenters. The van der Waals surface area contributed by atoms with E-state index >= 15 is 0 Å². The second-order valence-corrected chi connectivity index (χ2v) is 4.52. The molecule has 0 radical (unpaired) electrons. The number of carbonyl (C=O) groups excluding carboxylic acids is 1. The smallest absolute Gasteiger partial charge is 0.338 e. The fourth-order valence-electron chi connectivity index (χ4n) is 1.50. The highest BCUT2D eigenvalue weighted by molar-refractivity contribution is 5.94. The zero-order valence-corrected chi connectivity index (χ0v) is 11.2. The Morgan fingerprint density at radius 2 is 1.90 bits per heavy atom. The summed E-state index contributed by atoms with van der Waals surface area (Å²) in [7, 11) is 0. The van der Waals surface area contributed by atoms with E-state index in [-0.39, 0.29) is 18.2 Å². The molecule has 110 valence electrons. The van der Waals surface area contributed by atoms with E-state index in [9.17, 15) is 18.4 Å². The number of carboxylic acids is 1. The number of hydrogen-bond donors (Lipinski definition) is 3. The maximum Gasteiger partial charge on any atom is 0.338 e. The van der Waals surface area contributed by atoms with Gasteiger partial charge < -0.3 is 15.7 Å². The van der Waals surface area contributed by atoms with E-state index < -0.39 is 29.1 Å². The summed E-state index contributed by atoms with van der Waals surface area (Å²) in [6, 6.07) is 1.41. The lowest BCUT2D eigenvalue weighted by atomic mass is 10.1. The molecule has 0 heterocycles. The Balaban J connectivity index is 2.74. The van der Waals surface area contributed by atoms with Crippen LogP contribution in [0.2, 0.25) is 0 Å². The molecule has 1 amide bonds. The van der Waals surface area contributed by atoms with Crippen molar-refractivity contribution in [2.45, 2.75) is 26.3 Å². The van der Waals surface area contributed by atoms with Gasteiger partial charge in [0.15, 0.2) is 0 Å². The molecule has 0 saturated carbocycles. The van der Waals surface area contributed by atoms with Gasteiger partial charge in [0.05, 0.1) is 11.3 Å². The van der Waals surface area contributed by atoms with Crippen molar-refractivity contribution in [1.29, 1.82) is 0 Å². The Bertz CT molecular complexity index is 519. The number of amides is 1. The molecular formula is C13H16F2N2O3. The lowest BCUT2D eigenvalue weighted by Gasteiger charge is -2.10. The van der Waals surface area contributed by atoms with Crippen molar-refractivity contribution in [2.24, 2.45) is 0 Å². The molecule has 20 heavy (non-hydrogen) atoms. The summed E-state index contributed by atoms with van der Waals surface area (Å²) in [6.45, 7) is 4.23. The first-order valence-corrected chi connectivity index (χ1v) is 6.07. The van der Waals surface area contributed by atoms with Crippen LogP contribution < -0.4 is 10.6 Å². The Hall–Kier alpha value is -2.02. The summed E-state index contributed by atoms with van der Waals surface area (Å²) in [4.78, 5) is 22.3. The molecule has 0 bridgehead atoms. The monoisotopic (exact) mass is 286 g/mol. The molecule has 0 fully saturated rings. The Kier molecular flexibility index (Phi) is 5.57. The number of carbonyl (C=O) groups is 2. The van der Waals surface area contributed by atoms with Gasteiger partial charge in [-0.15, -0.1) is 0 Å². The lowest BCUT2D eigenvalue weighted by molar-refractivity contribution is -0.116. The minimum absolute atomic E-state index is 0.0946. The Morgan fingerprint density at radius 1 is 1.25 bits per heavy atom. The number of rotatable bonds is 6. The van der Waals surface area contributed by atoms with E-state index in [0.717, 1.165) is 6.07 Å². The number of nitrogens with one attached hydrogen (secondary N) is 2. The zero-order chi connectivity index (χ0) is 15.3. The SMILES string of the molecule is CC(C)NCCC(=O)Nc1cc(C(=O)O)c(F)cc1F. The standard InChI is InChI=1S/C13H16F2N2O3/c1-7(2)16-4-3-12(18)17-11-5-8(13(19)20)9(14)6-10(11)15/h5-7,16H,3-4H2,1-2H3,(H,17,18)(H,19,20). The third kappa shape index (κ3) is 4.58. The number of carboxylic acid groups (broad SMARTS) is 1. The average molecular weight is 286 g/mol. The Labute approximate surface area is 115 Å². The van der Waals surface area contributed by atoms with Crippen molar-refractivity contribution in [3.05, 3.63) is 29.3 Å². The van der Waals surface area contributed by atoms with Gasteiger partial charge in [0.25, 0.3) is 0 Å². The van der Waals surface area contributed by atoms with Crippen LogP contribution in [0.5, 0.6) is 0 Å². The van der Waals surface area contributed by atoms with Gasteiger partial charge in [-0.25, -0.2) is 13.6 Å². The van der Waals surface area contributed by atoms with Gasteiger partial charge in [-0.2, -0.15) is 0 Å². The molecule has 0 saturated heterocycles. The average Bonchev–Trinajstić information content (AvgIpc) is 2.31. The first kappa shape index (κ1) is 16.0. The minimum Gasteiger partial charge on any atom is -0.478 e. The van der Waals surface area contributed by atoms with E-state index in [1.807, 2.05) is 13.8 Å². The first-order chi connectivity index (χ1) is 9.31. The molecule has 1 aromatic carbocycles. The van der Waals surface area contributed by atoms with Crippen LogP contribution in [-0.4, -0.2) is 29.6 Å². The van der Waals surface area contributed by atoms with Crippen LogP contribution in [0.3, 0.4) is 0 Å². The van der Waals surface area contributed by atoms with Gasteiger partial charge >= 0.3 is 5.97 Å². The molecule has 0 aliphatic carbocycles. The van der Waals surface area contributed by atoms with Crippen LogP contribution in [0.25, 0.3) is 0 Å². The summed E-state index contributed by atoms with van der Waals surface area (Å²) >= 11 is 0. The number of halogens is 2. The molecule has 0 spiro atoms. The summed E-state index contributed by atoms with van der Waals surface area (Å²) in [5.41, 5.74) is -1.04. The van der Waals surface area contributed by atoms with Crippen molar-refractivity contribution >= 4 is 17.6 Å². The van der Waals surface area contributed by atoms with Crippen LogP contribution in [0.4, 0.5) is 14.5 Å². The fraction of sp³-hybridized carbons (Fsp3) is 0.385. The molecule has 3 N–H and O–H groups in total. The van der Waals surface area contributed by atoms with Crippen LogP contribution in [0.15, 0.2) is 12.1 Å². The van der Waals surface area contributed by atoms with Crippen LogP contribution in [-0.2, 0) is 4.79 Å². The number of benzene rings is 1. The maximum atomic E-state index is 13.4.